The minimum atomic E-state index is -0.338. The first kappa shape index (κ1) is 10.1. The number of hydrogen-bond donors (Lipinski definition) is 0. The summed E-state index contributed by atoms with van der Waals surface area (Å²) in [4.78, 5) is 11.6. The van der Waals surface area contributed by atoms with Crippen LogP contribution < -0.4 is 0 Å². The smallest absolute Gasteiger partial charge is 0.338 e. The molecule has 1 saturated heterocycles. The van der Waals surface area contributed by atoms with Gasteiger partial charge in [-0.1, -0.05) is 18.2 Å². The Kier molecular flexibility index (Phi) is 3.32. The fourth-order valence-electron chi connectivity index (χ4n) is 1.33. The molecule has 0 N–H and O–H groups in total. The zero-order valence-electron chi connectivity index (χ0n) is 8.22. The van der Waals surface area contributed by atoms with Gasteiger partial charge in [0.25, 0.3) is 0 Å². The quantitative estimate of drug-likeness (QED) is 0.685. The van der Waals surface area contributed by atoms with Crippen molar-refractivity contribution in [2.45, 2.75) is 6.10 Å². The highest BCUT2D eigenvalue weighted by Gasteiger charge is 2.19. The van der Waals surface area contributed by atoms with Crippen molar-refractivity contribution in [2.75, 3.05) is 20.0 Å². The minimum Gasteiger partial charge on any atom is -0.454 e. The lowest BCUT2D eigenvalue weighted by Gasteiger charge is -2.22. The third-order valence-electron chi connectivity index (χ3n) is 2.06. The van der Waals surface area contributed by atoms with Gasteiger partial charge in [-0.05, 0) is 12.1 Å². The Labute approximate surface area is 87.8 Å². The molecule has 4 nitrogen and oxygen atoms in total. The van der Waals surface area contributed by atoms with E-state index in [1.807, 2.05) is 6.07 Å². The van der Waals surface area contributed by atoms with Crippen molar-refractivity contribution in [3.8, 4) is 0 Å². The molecule has 0 amide bonds. The Balaban J connectivity index is 1.91. The van der Waals surface area contributed by atoms with Crippen LogP contribution in [0.3, 0.4) is 0 Å². The lowest BCUT2D eigenvalue weighted by molar-refractivity contribution is -0.153. The molecule has 0 saturated carbocycles. The van der Waals surface area contributed by atoms with E-state index in [0.29, 0.717) is 18.8 Å². The Morgan fingerprint density at radius 1 is 1.20 bits per heavy atom. The van der Waals surface area contributed by atoms with Crippen molar-refractivity contribution in [1.29, 1.82) is 0 Å². The molecular formula is C11H12O4. The molecule has 80 valence electrons. The summed E-state index contributed by atoms with van der Waals surface area (Å²) in [6.07, 6.45) is -0.300. The number of esters is 1. The number of hydrogen-bond acceptors (Lipinski definition) is 4. The van der Waals surface area contributed by atoms with Gasteiger partial charge in [-0.25, -0.2) is 4.79 Å². The molecule has 1 heterocycles. The lowest BCUT2D eigenvalue weighted by atomic mass is 10.2. The highest BCUT2D eigenvalue weighted by Crippen LogP contribution is 2.07. The number of carbonyl (C=O) groups excluding carboxylic acids is 1. The molecule has 1 aromatic rings. The van der Waals surface area contributed by atoms with E-state index in [1.54, 1.807) is 24.3 Å². The molecule has 1 fully saturated rings. The monoisotopic (exact) mass is 208 g/mol. The first-order chi connectivity index (χ1) is 7.36. The third-order valence-corrected chi connectivity index (χ3v) is 2.06. The van der Waals surface area contributed by atoms with Gasteiger partial charge in [0.2, 0.25) is 0 Å². The second-order valence-electron chi connectivity index (χ2n) is 3.25. The van der Waals surface area contributed by atoms with Crippen molar-refractivity contribution in [1.82, 2.24) is 0 Å². The second-order valence-corrected chi connectivity index (χ2v) is 3.25. The van der Waals surface area contributed by atoms with E-state index in [9.17, 15) is 4.79 Å². The number of benzene rings is 1. The second kappa shape index (κ2) is 4.91. The van der Waals surface area contributed by atoms with Crippen molar-refractivity contribution in [3.63, 3.8) is 0 Å². The van der Waals surface area contributed by atoms with Gasteiger partial charge in [0.15, 0.2) is 0 Å². The molecule has 0 aromatic heterocycles. The molecule has 0 spiro atoms. The highest BCUT2D eigenvalue weighted by atomic mass is 16.7. The minimum absolute atomic E-state index is 0.277. The first-order valence-electron chi connectivity index (χ1n) is 4.78. The van der Waals surface area contributed by atoms with Gasteiger partial charge >= 0.3 is 5.97 Å². The van der Waals surface area contributed by atoms with E-state index in [2.05, 4.69) is 0 Å². The summed E-state index contributed by atoms with van der Waals surface area (Å²) in [7, 11) is 0. The maximum absolute atomic E-state index is 11.6. The maximum Gasteiger partial charge on any atom is 0.338 e. The fourth-order valence-corrected chi connectivity index (χ4v) is 1.33. The Hall–Kier alpha value is -1.39. The van der Waals surface area contributed by atoms with Gasteiger partial charge in [0.05, 0.1) is 18.8 Å². The molecule has 1 aliphatic rings. The average Bonchev–Trinajstić information content (AvgIpc) is 2.31. The summed E-state index contributed by atoms with van der Waals surface area (Å²) in [5.74, 6) is -0.338. The standard InChI is InChI=1S/C11H12O4/c12-11(9-4-2-1-3-5-9)15-10-6-13-8-14-7-10/h1-5,10H,6-8H2. The van der Waals surface area contributed by atoms with Crippen molar-refractivity contribution < 1.29 is 19.0 Å². The molecule has 0 unspecified atom stereocenters. The van der Waals surface area contributed by atoms with E-state index >= 15 is 0 Å². The summed E-state index contributed by atoms with van der Waals surface area (Å²) in [5.41, 5.74) is 0.545. The van der Waals surface area contributed by atoms with Gasteiger partial charge < -0.3 is 14.2 Å². The van der Waals surface area contributed by atoms with Crippen LogP contribution in [0.2, 0.25) is 0 Å². The molecule has 0 radical (unpaired) electrons. The molecule has 1 aliphatic heterocycles. The van der Waals surface area contributed by atoms with Crippen LogP contribution >= 0.6 is 0 Å². The SMILES string of the molecule is O=C(OC1COCOC1)c1ccccc1. The number of ether oxygens (including phenoxy) is 3. The predicted octanol–water partition coefficient (Wildman–Crippen LogP) is 1.22. The van der Waals surface area contributed by atoms with Gasteiger partial charge in [0.1, 0.15) is 12.9 Å². The van der Waals surface area contributed by atoms with Crippen molar-refractivity contribution >= 4 is 5.97 Å². The van der Waals surface area contributed by atoms with E-state index in [1.165, 1.54) is 0 Å². The molecule has 2 rings (SSSR count). The van der Waals surface area contributed by atoms with Crippen LogP contribution in [0.25, 0.3) is 0 Å². The van der Waals surface area contributed by atoms with Crippen LogP contribution in [0, 0.1) is 0 Å². The summed E-state index contributed by atoms with van der Waals surface area (Å²) >= 11 is 0. The Bertz CT molecular complexity index is 317. The maximum atomic E-state index is 11.6. The number of carbonyl (C=O) groups is 1. The van der Waals surface area contributed by atoms with E-state index < -0.39 is 0 Å². The largest absolute Gasteiger partial charge is 0.454 e. The van der Waals surface area contributed by atoms with Crippen LogP contribution in [-0.4, -0.2) is 32.1 Å². The van der Waals surface area contributed by atoms with Crippen LogP contribution in [-0.2, 0) is 14.2 Å². The van der Waals surface area contributed by atoms with Crippen LogP contribution in [0.4, 0.5) is 0 Å². The first-order valence-corrected chi connectivity index (χ1v) is 4.78. The van der Waals surface area contributed by atoms with Crippen molar-refractivity contribution in [2.24, 2.45) is 0 Å². The van der Waals surface area contributed by atoms with E-state index in [0.717, 1.165) is 0 Å². The van der Waals surface area contributed by atoms with Crippen molar-refractivity contribution in [3.05, 3.63) is 35.9 Å². The van der Waals surface area contributed by atoms with Gasteiger partial charge in [-0.3, -0.25) is 0 Å². The summed E-state index contributed by atoms with van der Waals surface area (Å²) < 4.78 is 15.2. The van der Waals surface area contributed by atoms with E-state index in [-0.39, 0.29) is 18.9 Å². The summed E-state index contributed by atoms with van der Waals surface area (Å²) in [6.45, 7) is 1.08. The third kappa shape index (κ3) is 2.78. The molecular weight excluding hydrogens is 196 g/mol. The van der Waals surface area contributed by atoms with Crippen LogP contribution in [0.5, 0.6) is 0 Å². The predicted molar refractivity (Wildman–Crippen MR) is 52.4 cm³/mol. The Morgan fingerprint density at radius 3 is 2.53 bits per heavy atom. The van der Waals surface area contributed by atoms with Gasteiger partial charge in [-0.15, -0.1) is 0 Å². The van der Waals surface area contributed by atoms with Crippen LogP contribution in [0.1, 0.15) is 10.4 Å². The molecule has 0 bridgehead atoms. The summed E-state index contributed by atoms with van der Waals surface area (Å²) in [6, 6.07) is 8.87. The fraction of sp³-hybridized carbons (Fsp3) is 0.364. The molecule has 4 heteroatoms. The normalized spacial score (nSPS) is 17.3. The molecule has 1 aromatic carbocycles. The van der Waals surface area contributed by atoms with Gasteiger partial charge in [0, 0.05) is 0 Å². The molecule has 0 aliphatic carbocycles. The lowest BCUT2D eigenvalue weighted by Crippen LogP contribution is -2.33. The number of rotatable bonds is 2. The topological polar surface area (TPSA) is 44.8 Å². The van der Waals surface area contributed by atoms with Crippen LogP contribution in [0.15, 0.2) is 30.3 Å². The highest BCUT2D eigenvalue weighted by molar-refractivity contribution is 5.89. The zero-order chi connectivity index (χ0) is 10.5. The summed E-state index contributed by atoms with van der Waals surface area (Å²) in [5, 5.41) is 0. The molecule has 0 atom stereocenters. The Morgan fingerprint density at radius 2 is 1.87 bits per heavy atom. The molecule has 15 heavy (non-hydrogen) atoms. The average molecular weight is 208 g/mol. The van der Waals surface area contributed by atoms with Gasteiger partial charge in [-0.2, -0.15) is 0 Å². The zero-order valence-corrected chi connectivity index (χ0v) is 8.22. The van der Waals surface area contributed by atoms with E-state index in [4.69, 9.17) is 14.2 Å².